The van der Waals surface area contributed by atoms with E-state index in [1.54, 1.807) is 0 Å². The molecule has 0 aliphatic heterocycles. The van der Waals surface area contributed by atoms with E-state index < -0.39 is 0 Å². The Hall–Kier alpha value is 0.500. The Morgan fingerprint density at radius 1 is 1.71 bits per heavy atom. The first kappa shape index (κ1) is 7.50. The Morgan fingerprint density at radius 3 is 2.43 bits per heavy atom. The highest BCUT2D eigenvalue weighted by atomic mass is 79.9. The van der Waals surface area contributed by atoms with Crippen LogP contribution in [0, 0.1) is 0 Å². The van der Waals surface area contributed by atoms with Crippen molar-refractivity contribution in [2.75, 3.05) is 11.1 Å². The lowest BCUT2D eigenvalue weighted by atomic mass is 10.4. The first-order chi connectivity index (χ1) is 3.31. The summed E-state index contributed by atoms with van der Waals surface area (Å²) in [6.45, 7) is 0. The van der Waals surface area contributed by atoms with Crippen LogP contribution >= 0.6 is 28.6 Å². The van der Waals surface area contributed by atoms with Gasteiger partial charge in [0, 0.05) is 17.5 Å². The predicted molar refractivity (Wildman–Crippen MR) is 37.3 cm³/mol. The molecule has 0 aliphatic rings. The van der Waals surface area contributed by atoms with Crippen molar-refractivity contribution in [3.8, 4) is 0 Å². The monoisotopic (exact) mass is 182 g/mol. The number of Topliss-reactive ketones (excluding diaryl/α,β-unsaturated/α-hetero) is 1. The van der Waals surface area contributed by atoms with Crippen molar-refractivity contribution in [3.63, 3.8) is 0 Å². The SMILES string of the molecule is O=C(CS)CCBr. The molecule has 42 valence electrons. The molecule has 0 saturated heterocycles. The largest absolute Gasteiger partial charge is 0.299 e. The summed E-state index contributed by atoms with van der Waals surface area (Å²) < 4.78 is 0. The van der Waals surface area contributed by atoms with Gasteiger partial charge in [-0.2, -0.15) is 12.6 Å². The number of thiol groups is 1. The molecule has 0 amide bonds. The molecule has 0 N–H and O–H groups in total. The highest BCUT2D eigenvalue weighted by Crippen LogP contribution is 1.90. The number of carbonyl (C=O) groups is 1. The summed E-state index contributed by atoms with van der Waals surface area (Å²) in [5.74, 6) is 0.561. The molecule has 0 aliphatic carbocycles. The van der Waals surface area contributed by atoms with E-state index in [0.717, 1.165) is 5.33 Å². The molecule has 0 unspecified atom stereocenters. The van der Waals surface area contributed by atoms with Crippen LogP contribution in [0.25, 0.3) is 0 Å². The van der Waals surface area contributed by atoms with Crippen molar-refractivity contribution < 1.29 is 4.79 Å². The first-order valence-electron chi connectivity index (χ1n) is 1.99. The van der Waals surface area contributed by atoms with Crippen molar-refractivity contribution in [1.82, 2.24) is 0 Å². The molecule has 3 heteroatoms. The summed E-state index contributed by atoms with van der Waals surface area (Å²) in [6, 6.07) is 0. The van der Waals surface area contributed by atoms with E-state index in [2.05, 4.69) is 28.6 Å². The normalized spacial score (nSPS) is 8.86. The van der Waals surface area contributed by atoms with Gasteiger partial charge in [-0.25, -0.2) is 0 Å². The van der Waals surface area contributed by atoms with Gasteiger partial charge in [0.2, 0.25) is 0 Å². The van der Waals surface area contributed by atoms with E-state index in [1.165, 1.54) is 0 Å². The Balaban J connectivity index is 3.00. The van der Waals surface area contributed by atoms with Crippen molar-refractivity contribution in [3.05, 3.63) is 0 Å². The summed E-state index contributed by atoms with van der Waals surface area (Å²) in [4.78, 5) is 10.3. The van der Waals surface area contributed by atoms with E-state index in [9.17, 15) is 4.79 Å². The van der Waals surface area contributed by atoms with Gasteiger partial charge in [0.05, 0.1) is 0 Å². The van der Waals surface area contributed by atoms with Crippen molar-refractivity contribution in [2.45, 2.75) is 6.42 Å². The second-order valence-electron chi connectivity index (χ2n) is 1.14. The molecule has 0 saturated carbocycles. The number of hydrogen-bond acceptors (Lipinski definition) is 2. The molecule has 0 heterocycles. The fraction of sp³-hybridized carbons (Fsp3) is 0.750. The predicted octanol–water partition coefficient (Wildman–Crippen LogP) is 1.27. The fourth-order valence-corrected chi connectivity index (χ4v) is 0.785. The second-order valence-corrected chi connectivity index (χ2v) is 2.24. The quantitative estimate of drug-likeness (QED) is 0.515. The third-order valence-corrected chi connectivity index (χ3v) is 1.30. The van der Waals surface area contributed by atoms with Crippen LogP contribution in [0.5, 0.6) is 0 Å². The maximum Gasteiger partial charge on any atom is 0.143 e. The Bertz CT molecular complexity index is 64.7. The van der Waals surface area contributed by atoms with Gasteiger partial charge in [-0.3, -0.25) is 4.79 Å². The van der Waals surface area contributed by atoms with Crippen molar-refractivity contribution in [2.24, 2.45) is 0 Å². The molecule has 1 nitrogen and oxygen atoms in total. The molecule has 0 atom stereocenters. The van der Waals surface area contributed by atoms with E-state index in [4.69, 9.17) is 0 Å². The minimum absolute atomic E-state index is 0.195. The summed E-state index contributed by atoms with van der Waals surface area (Å²) in [6.07, 6.45) is 0.601. The van der Waals surface area contributed by atoms with Crippen LogP contribution in [0.4, 0.5) is 0 Å². The lowest BCUT2D eigenvalue weighted by molar-refractivity contribution is -0.116. The van der Waals surface area contributed by atoms with Gasteiger partial charge in [0.25, 0.3) is 0 Å². The molecule has 0 spiro atoms. The topological polar surface area (TPSA) is 17.1 Å². The fourth-order valence-electron chi connectivity index (χ4n) is 0.184. The van der Waals surface area contributed by atoms with E-state index in [1.807, 2.05) is 0 Å². The van der Waals surface area contributed by atoms with Gasteiger partial charge in [0.15, 0.2) is 0 Å². The molecule has 0 aromatic rings. The summed E-state index contributed by atoms with van der Waals surface area (Å²) >= 11 is 6.92. The van der Waals surface area contributed by atoms with Gasteiger partial charge < -0.3 is 0 Å². The van der Waals surface area contributed by atoms with Gasteiger partial charge in [-0.15, -0.1) is 0 Å². The Labute approximate surface area is 57.0 Å². The minimum Gasteiger partial charge on any atom is -0.299 e. The molecular weight excluding hydrogens is 176 g/mol. The van der Waals surface area contributed by atoms with Crippen LogP contribution in [-0.2, 0) is 4.79 Å². The average Bonchev–Trinajstić information content (AvgIpc) is 1.68. The summed E-state index contributed by atoms with van der Waals surface area (Å²) in [7, 11) is 0. The lowest BCUT2D eigenvalue weighted by Gasteiger charge is -1.85. The van der Waals surface area contributed by atoms with Crippen molar-refractivity contribution >= 4 is 34.3 Å². The zero-order chi connectivity index (χ0) is 5.70. The minimum atomic E-state index is 0.195. The summed E-state index contributed by atoms with van der Waals surface area (Å²) in [5, 5.41) is 0.756. The van der Waals surface area contributed by atoms with Crippen LogP contribution in [0.3, 0.4) is 0 Å². The van der Waals surface area contributed by atoms with Gasteiger partial charge in [0.1, 0.15) is 5.78 Å². The van der Waals surface area contributed by atoms with Gasteiger partial charge in [-0.05, 0) is 0 Å². The molecule has 0 bridgehead atoms. The third kappa shape index (κ3) is 4.35. The zero-order valence-corrected chi connectivity index (χ0v) is 6.34. The van der Waals surface area contributed by atoms with E-state index in [0.29, 0.717) is 12.2 Å². The third-order valence-electron chi connectivity index (χ3n) is 0.550. The number of hydrogen-bond donors (Lipinski definition) is 1. The average molecular weight is 183 g/mol. The van der Waals surface area contributed by atoms with Crippen molar-refractivity contribution in [1.29, 1.82) is 0 Å². The van der Waals surface area contributed by atoms with Crippen LogP contribution < -0.4 is 0 Å². The zero-order valence-electron chi connectivity index (χ0n) is 3.85. The number of rotatable bonds is 3. The molecule has 0 aromatic carbocycles. The maximum atomic E-state index is 10.3. The number of ketones is 1. The standard InChI is InChI=1S/C4H7BrOS/c5-2-1-4(6)3-7/h7H,1-3H2. The molecule has 0 rings (SSSR count). The van der Waals surface area contributed by atoms with Crippen LogP contribution in [-0.4, -0.2) is 16.9 Å². The van der Waals surface area contributed by atoms with E-state index in [-0.39, 0.29) is 5.78 Å². The van der Waals surface area contributed by atoms with E-state index >= 15 is 0 Å². The molecular formula is C4H7BrOS. The highest BCUT2D eigenvalue weighted by Gasteiger charge is 1.92. The molecule has 0 aromatic heterocycles. The smallest absolute Gasteiger partial charge is 0.143 e. The number of carbonyl (C=O) groups excluding carboxylic acids is 1. The lowest BCUT2D eigenvalue weighted by Crippen LogP contribution is -1.98. The van der Waals surface area contributed by atoms with Crippen LogP contribution in [0.15, 0.2) is 0 Å². The second kappa shape index (κ2) is 4.65. The highest BCUT2D eigenvalue weighted by molar-refractivity contribution is 9.09. The maximum absolute atomic E-state index is 10.3. The van der Waals surface area contributed by atoms with Gasteiger partial charge >= 0.3 is 0 Å². The first-order valence-corrected chi connectivity index (χ1v) is 3.75. The van der Waals surface area contributed by atoms with Crippen LogP contribution in [0.2, 0.25) is 0 Å². The molecule has 0 radical (unpaired) electrons. The molecule has 0 fully saturated rings. The van der Waals surface area contributed by atoms with Crippen LogP contribution in [0.1, 0.15) is 6.42 Å². The Morgan fingerprint density at radius 2 is 2.29 bits per heavy atom. The van der Waals surface area contributed by atoms with Gasteiger partial charge in [-0.1, -0.05) is 15.9 Å². The number of alkyl halides is 1. The Kier molecular flexibility index (Phi) is 4.99. The molecule has 7 heavy (non-hydrogen) atoms. The number of halogens is 1. The summed E-state index contributed by atoms with van der Waals surface area (Å²) in [5.41, 5.74) is 0.